The van der Waals surface area contributed by atoms with Gasteiger partial charge in [-0.15, -0.1) is 12.4 Å². The molecular formula is C16H19ClFN5O4. The number of benzene rings is 1. The lowest BCUT2D eigenvalue weighted by molar-refractivity contribution is -0.387. The fourth-order valence-corrected chi connectivity index (χ4v) is 2.89. The highest BCUT2D eigenvalue weighted by molar-refractivity contribution is 5.85. The SMILES string of the molecule is Cl.Cn1ccnc1C1CNCCN1C(=O)COc1ccc([N+](=O)[O-])c(F)c1. The molecule has 2 aromatic rings. The molecule has 1 saturated heterocycles. The van der Waals surface area contributed by atoms with E-state index in [0.29, 0.717) is 19.6 Å². The Kier molecular flexibility index (Phi) is 6.70. The first-order valence-corrected chi connectivity index (χ1v) is 8.01. The van der Waals surface area contributed by atoms with Crippen LogP contribution in [0, 0.1) is 15.9 Å². The number of imidazole rings is 1. The third-order valence-electron chi connectivity index (χ3n) is 4.20. The summed E-state index contributed by atoms with van der Waals surface area (Å²) in [6, 6.07) is 2.95. The molecule has 3 rings (SSSR count). The van der Waals surface area contributed by atoms with Crippen molar-refractivity contribution in [2.75, 3.05) is 26.2 Å². The quantitative estimate of drug-likeness (QED) is 0.603. The molecule has 1 aromatic carbocycles. The van der Waals surface area contributed by atoms with E-state index in [-0.39, 0.29) is 36.7 Å². The number of ether oxygens (including phenoxy) is 1. The van der Waals surface area contributed by atoms with Crippen molar-refractivity contribution in [3.05, 3.63) is 52.3 Å². The van der Waals surface area contributed by atoms with Gasteiger partial charge >= 0.3 is 5.69 Å². The number of rotatable bonds is 5. The number of amides is 1. The van der Waals surface area contributed by atoms with Crippen molar-refractivity contribution in [1.82, 2.24) is 19.8 Å². The average Bonchev–Trinajstić information content (AvgIpc) is 3.05. The molecule has 1 aromatic heterocycles. The van der Waals surface area contributed by atoms with E-state index < -0.39 is 16.4 Å². The van der Waals surface area contributed by atoms with E-state index in [0.717, 1.165) is 18.0 Å². The Morgan fingerprint density at radius 2 is 2.30 bits per heavy atom. The van der Waals surface area contributed by atoms with Crippen LogP contribution in [-0.2, 0) is 11.8 Å². The molecule has 11 heteroatoms. The molecule has 1 unspecified atom stereocenters. The van der Waals surface area contributed by atoms with Gasteiger partial charge in [-0.1, -0.05) is 0 Å². The number of hydrogen-bond donors (Lipinski definition) is 1. The van der Waals surface area contributed by atoms with Crippen LogP contribution in [0.2, 0.25) is 0 Å². The molecule has 1 amide bonds. The van der Waals surface area contributed by atoms with Gasteiger partial charge < -0.3 is 19.5 Å². The first-order valence-electron chi connectivity index (χ1n) is 8.01. The topological polar surface area (TPSA) is 103 Å². The minimum absolute atomic E-state index is 0. The molecule has 0 saturated carbocycles. The normalized spacial score (nSPS) is 16.5. The number of aromatic nitrogens is 2. The van der Waals surface area contributed by atoms with Gasteiger partial charge in [0.05, 0.1) is 4.92 Å². The Hall–Kier alpha value is -2.72. The van der Waals surface area contributed by atoms with Gasteiger partial charge in [0.25, 0.3) is 5.91 Å². The number of aryl methyl sites for hydroxylation is 1. The second kappa shape index (κ2) is 8.78. The standard InChI is InChI=1S/C16H18FN5O4.ClH/c1-20-6-5-19-16(20)14-9-18-4-7-21(14)15(23)10-26-11-2-3-13(22(24)25)12(17)8-11;/h2-3,5-6,8,14,18H,4,7,9-10H2,1H3;1H. The first-order chi connectivity index (χ1) is 12.5. The predicted octanol–water partition coefficient (Wildman–Crippen LogP) is 1.44. The lowest BCUT2D eigenvalue weighted by atomic mass is 10.1. The second-order valence-corrected chi connectivity index (χ2v) is 5.86. The van der Waals surface area contributed by atoms with Crippen molar-refractivity contribution < 1.29 is 18.8 Å². The highest BCUT2D eigenvalue weighted by Gasteiger charge is 2.30. The first kappa shape index (κ1) is 20.6. The van der Waals surface area contributed by atoms with Crippen LogP contribution in [0.25, 0.3) is 0 Å². The highest BCUT2D eigenvalue weighted by atomic mass is 35.5. The molecule has 1 N–H and O–H groups in total. The molecule has 0 spiro atoms. The van der Waals surface area contributed by atoms with Gasteiger partial charge in [0.15, 0.2) is 6.61 Å². The number of nitrogens with zero attached hydrogens (tertiary/aromatic N) is 4. The maximum atomic E-state index is 13.6. The van der Waals surface area contributed by atoms with Crippen molar-refractivity contribution in [1.29, 1.82) is 0 Å². The van der Waals surface area contributed by atoms with Gasteiger partial charge in [-0.25, -0.2) is 4.98 Å². The van der Waals surface area contributed by atoms with Gasteiger partial charge in [-0.05, 0) is 6.07 Å². The van der Waals surface area contributed by atoms with Crippen molar-refractivity contribution in [2.24, 2.45) is 7.05 Å². The van der Waals surface area contributed by atoms with Gasteiger partial charge in [0.1, 0.15) is 17.6 Å². The summed E-state index contributed by atoms with van der Waals surface area (Å²) in [7, 11) is 1.86. The Morgan fingerprint density at radius 3 is 2.93 bits per heavy atom. The van der Waals surface area contributed by atoms with Crippen molar-refractivity contribution >= 4 is 24.0 Å². The number of halogens is 2. The maximum absolute atomic E-state index is 13.6. The largest absolute Gasteiger partial charge is 0.484 e. The summed E-state index contributed by atoms with van der Waals surface area (Å²) in [6.07, 6.45) is 3.48. The lowest BCUT2D eigenvalue weighted by Crippen LogP contribution is -2.50. The molecule has 1 aliphatic heterocycles. The molecule has 1 atom stereocenters. The fraction of sp³-hybridized carbons (Fsp3) is 0.375. The number of carbonyl (C=O) groups is 1. The summed E-state index contributed by atoms with van der Waals surface area (Å²) in [5, 5.41) is 13.9. The van der Waals surface area contributed by atoms with E-state index >= 15 is 0 Å². The number of piperazine rings is 1. The molecule has 0 radical (unpaired) electrons. The molecule has 146 valence electrons. The van der Waals surface area contributed by atoms with E-state index in [2.05, 4.69) is 10.3 Å². The number of nitro groups is 1. The minimum atomic E-state index is -1.01. The van der Waals surface area contributed by atoms with Gasteiger partial charge in [0, 0.05) is 51.2 Å². The zero-order valence-corrected chi connectivity index (χ0v) is 15.3. The fourth-order valence-electron chi connectivity index (χ4n) is 2.89. The molecule has 0 aliphatic carbocycles. The third-order valence-corrected chi connectivity index (χ3v) is 4.20. The Labute approximate surface area is 160 Å². The Balaban J connectivity index is 0.00000261. The average molecular weight is 400 g/mol. The molecule has 2 heterocycles. The third kappa shape index (κ3) is 4.52. The van der Waals surface area contributed by atoms with E-state index in [1.807, 2.05) is 17.8 Å². The zero-order valence-electron chi connectivity index (χ0n) is 14.5. The summed E-state index contributed by atoms with van der Waals surface area (Å²) < 4.78 is 20.8. The van der Waals surface area contributed by atoms with E-state index in [4.69, 9.17) is 4.74 Å². The summed E-state index contributed by atoms with van der Waals surface area (Å²) in [5.74, 6) is -0.455. The van der Waals surface area contributed by atoms with E-state index in [1.54, 1.807) is 11.1 Å². The number of nitro benzene ring substituents is 1. The molecule has 1 fully saturated rings. The Bertz CT molecular complexity index is 831. The monoisotopic (exact) mass is 399 g/mol. The van der Waals surface area contributed by atoms with Crippen molar-refractivity contribution in [3.8, 4) is 5.75 Å². The summed E-state index contributed by atoms with van der Waals surface area (Å²) >= 11 is 0. The second-order valence-electron chi connectivity index (χ2n) is 5.86. The van der Waals surface area contributed by atoms with Crippen LogP contribution in [0.15, 0.2) is 30.6 Å². The van der Waals surface area contributed by atoms with Gasteiger partial charge in [-0.2, -0.15) is 4.39 Å². The van der Waals surface area contributed by atoms with Crippen LogP contribution in [0.1, 0.15) is 11.9 Å². The predicted molar refractivity (Wildman–Crippen MR) is 96.3 cm³/mol. The summed E-state index contributed by atoms with van der Waals surface area (Å²) in [6.45, 7) is 1.42. The number of carbonyl (C=O) groups excluding carboxylic acids is 1. The maximum Gasteiger partial charge on any atom is 0.305 e. The van der Waals surface area contributed by atoms with Crippen LogP contribution in [0.5, 0.6) is 5.75 Å². The molecule has 1 aliphatic rings. The van der Waals surface area contributed by atoms with E-state index in [9.17, 15) is 19.3 Å². The highest BCUT2D eigenvalue weighted by Crippen LogP contribution is 2.23. The van der Waals surface area contributed by atoms with Crippen LogP contribution in [-0.4, -0.2) is 51.5 Å². The van der Waals surface area contributed by atoms with Crippen LogP contribution < -0.4 is 10.1 Å². The number of nitrogens with one attached hydrogen (secondary N) is 1. The van der Waals surface area contributed by atoms with Crippen LogP contribution >= 0.6 is 12.4 Å². The van der Waals surface area contributed by atoms with Gasteiger partial charge in [0.2, 0.25) is 5.82 Å². The van der Waals surface area contributed by atoms with Crippen LogP contribution in [0.3, 0.4) is 0 Å². The van der Waals surface area contributed by atoms with Crippen molar-refractivity contribution in [3.63, 3.8) is 0 Å². The van der Waals surface area contributed by atoms with E-state index in [1.165, 1.54) is 6.07 Å². The van der Waals surface area contributed by atoms with Crippen molar-refractivity contribution in [2.45, 2.75) is 6.04 Å². The number of hydrogen-bond acceptors (Lipinski definition) is 6. The van der Waals surface area contributed by atoms with Gasteiger partial charge in [-0.3, -0.25) is 14.9 Å². The molecule has 0 bridgehead atoms. The Morgan fingerprint density at radius 1 is 1.52 bits per heavy atom. The zero-order chi connectivity index (χ0) is 18.7. The summed E-state index contributed by atoms with van der Waals surface area (Å²) in [4.78, 5) is 28.4. The smallest absolute Gasteiger partial charge is 0.305 e. The van der Waals surface area contributed by atoms with Crippen LogP contribution in [0.4, 0.5) is 10.1 Å². The minimum Gasteiger partial charge on any atom is -0.484 e. The molecule has 9 nitrogen and oxygen atoms in total. The lowest BCUT2D eigenvalue weighted by Gasteiger charge is -2.35. The molecule has 27 heavy (non-hydrogen) atoms. The summed E-state index contributed by atoms with van der Waals surface area (Å²) in [5.41, 5.74) is -0.638. The molecular weight excluding hydrogens is 381 g/mol.